The summed E-state index contributed by atoms with van der Waals surface area (Å²) in [6.45, 7) is 0. The van der Waals surface area contributed by atoms with E-state index in [1.165, 1.54) is 24.4 Å². The van der Waals surface area contributed by atoms with Crippen LogP contribution in [0, 0.1) is 10.1 Å². The molecule has 0 radical (unpaired) electrons. The van der Waals surface area contributed by atoms with Crippen LogP contribution < -0.4 is 0 Å². The van der Waals surface area contributed by atoms with Crippen molar-refractivity contribution >= 4 is 35.0 Å². The maximum atomic E-state index is 11.1. The Morgan fingerprint density at radius 1 is 1.35 bits per heavy atom. The Labute approximate surface area is 122 Å². The van der Waals surface area contributed by atoms with Gasteiger partial charge in [0.05, 0.1) is 14.8 Å². The minimum Gasteiger partial charge on any atom is -0.477 e. The second-order valence-electron chi connectivity index (χ2n) is 3.63. The number of benzene rings is 1. The lowest BCUT2D eigenvalue weighted by atomic mass is 10.2. The number of hydrogen-bond acceptors (Lipinski definition) is 5. The summed E-state index contributed by atoms with van der Waals surface area (Å²) in [5, 5.41) is 21.0. The van der Waals surface area contributed by atoms with Crippen LogP contribution in [0.1, 0.15) is 10.4 Å². The maximum Gasteiger partial charge on any atom is 0.342 e. The summed E-state index contributed by atoms with van der Waals surface area (Å²) >= 11 is 6.71. The molecule has 0 amide bonds. The van der Waals surface area contributed by atoms with Gasteiger partial charge in [-0.05, 0) is 24.3 Å². The van der Waals surface area contributed by atoms with Crippen LogP contribution in [0.5, 0.6) is 0 Å². The van der Waals surface area contributed by atoms with Gasteiger partial charge in [0.25, 0.3) is 5.69 Å². The third kappa shape index (κ3) is 3.06. The van der Waals surface area contributed by atoms with Crippen molar-refractivity contribution in [3.63, 3.8) is 0 Å². The highest BCUT2D eigenvalue weighted by molar-refractivity contribution is 7.99. The zero-order chi connectivity index (χ0) is 14.7. The van der Waals surface area contributed by atoms with E-state index in [2.05, 4.69) is 4.98 Å². The van der Waals surface area contributed by atoms with Crippen LogP contribution in [0.4, 0.5) is 5.69 Å². The van der Waals surface area contributed by atoms with Crippen molar-refractivity contribution in [3.05, 3.63) is 57.2 Å². The Morgan fingerprint density at radius 2 is 2.10 bits per heavy atom. The zero-order valence-corrected chi connectivity index (χ0v) is 11.4. The lowest BCUT2D eigenvalue weighted by molar-refractivity contribution is -0.388. The van der Waals surface area contributed by atoms with Crippen LogP contribution in [0.15, 0.2) is 46.5 Å². The molecule has 1 aromatic carbocycles. The molecule has 0 saturated heterocycles. The largest absolute Gasteiger partial charge is 0.477 e. The van der Waals surface area contributed by atoms with E-state index in [-0.39, 0.29) is 10.5 Å². The minimum absolute atomic E-state index is 0.213. The second kappa shape index (κ2) is 5.89. The Morgan fingerprint density at radius 3 is 2.65 bits per heavy atom. The molecule has 2 aromatic rings. The Balaban J connectivity index is 2.46. The van der Waals surface area contributed by atoms with Gasteiger partial charge in [-0.3, -0.25) is 10.1 Å². The summed E-state index contributed by atoms with van der Waals surface area (Å²) in [6, 6.07) is 7.33. The number of nitro groups is 1. The van der Waals surface area contributed by atoms with Crippen LogP contribution in [-0.2, 0) is 0 Å². The van der Waals surface area contributed by atoms with Gasteiger partial charge in [-0.2, -0.15) is 0 Å². The summed E-state index contributed by atoms with van der Waals surface area (Å²) in [5.41, 5.74) is -0.796. The van der Waals surface area contributed by atoms with Crippen molar-refractivity contribution < 1.29 is 14.8 Å². The molecule has 0 aliphatic rings. The number of hydrogen-bond donors (Lipinski definition) is 1. The normalized spacial score (nSPS) is 10.2. The van der Waals surface area contributed by atoms with Gasteiger partial charge in [-0.25, -0.2) is 9.78 Å². The lowest BCUT2D eigenvalue weighted by Crippen LogP contribution is -2.03. The summed E-state index contributed by atoms with van der Waals surface area (Å²) in [4.78, 5) is 25.6. The third-order valence-electron chi connectivity index (χ3n) is 2.33. The van der Waals surface area contributed by atoms with E-state index in [0.29, 0.717) is 10.0 Å². The smallest absolute Gasteiger partial charge is 0.342 e. The first-order valence-corrected chi connectivity index (χ1v) is 6.48. The van der Waals surface area contributed by atoms with Crippen LogP contribution >= 0.6 is 23.4 Å². The minimum atomic E-state index is -1.34. The van der Waals surface area contributed by atoms with Crippen molar-refractivity contribution in [2.45, 2.75) is 9.92 Å². The number of nitro benzene ring substituents is 1. The number of aromatic nitrogens is 1. The fraction of sp³-hybridized carbons (Fsp3) is 0. The van der Waals surface area contributed by atoms with Crippen molar-refractivity contribution in [1.82, 2.24) is 4.98 Å². The first kappa shape index (κ1) is 14.3. The molecule has 0 atom stereocenters. The predicted molar refractivity (Wildman–Crippen MR) is 73.4 cm³/mol. The van der Waals surface area contributed by atoms with E-state index >= 15 is 0 Å². The maximum absolute atomic E-state index is 11.1. The predicted octanol–water partition coefficient (Wildman–Crippen LogP) is 3.49. The van der Waals surface area contributed by atoms with Crippen molar-refractivity contribution in [1.29, 1.82) is 0 Å². The molecule has 0 saturated carbocycles. The van der Waals surface area contributed by atoms with E-state index in [4.69, 9.17) is 16.7 Å². The van der Waals surface area contributed by atoms with E-state index < -0.39 is 16.6 Å². The third-order valence-corrected chi connectivity index (χ3v) is 3.55. The van der Waals surface area contributed by atoms with Crippen molar-refractivity contribution in [2.75, 3.05) is 0 Å². The van der Waals surface area contributed by atoms with Gasteiger partial charge >= 0.3 is 5.97 Å². The van der Waals surface area contributed by atoms with E-state index in [1.54, 1.807) is 12.1 Å². The molecule has 0 bridgehead atoms. The summed E-state index contributed by atoms with van der Waals surface area (Å²) in [7, 11) is 0. The zero-order valence-electron chi connectivity index (χ0n) is 9.82. The van der Waals surface area contributed by atoms with Crippen LogP contribution in [0.25, 0.3) is 0 Å². The van der Waals surface area contributed by atoms with Gasteiger partial charge in [0.15, 0.2) is 0 Å². The van der Waals surface area contributed by atoms with Gasteiger partial charge < -0.3 is 5.11 Å². The molecule has 1 aromatic heterocycles. The topological polar surface area (TPSA) is 93.3 Å². The Bertz CT molecular complexity index is 676. The van der Waals surface area contributed by atoms with Crippen molar-refractivity contribution in [2.24, 2.45) is 0 Å². The average molecular weight is 311 g/mol. The number of carbonyl (C=O) groups is 1. The Kier molecular flexibility index (Phi) is 4.21. The first-order valence-electron chi connectivity index (χ1n) is 5.29. The highest BCUT2D eigenvalue weighted by Crippen LogP contribution is 2.36. The van der Waals surface area contributed by atoms with Gasteiger partial charge in [0.2, 0.25) is 0 Å². The summed E-state index contributed by atoms with van der Waals surface area (Å²) in [5.74, 6) is -1.34. The molecule has 2 rings (SSSR count). The molecule has 6 nitrogen and oxygen atoms in total. The highest BCUT2D eigenvalue weighted by Gasteiger charge is 2.24. The van der Waals surface area contributed by atoms with E-state index in [0.717, 1.165) is 11.8 Å². The molecule has 0 aliphatic carbocycles. The molecule has 1 N–H and O–H groups in total. The van der Waals surface area contributed by atoms with Gasteiger partial charge in [0, 0.05) is 6.20 Å². The molecular weight excluding hydrogens is 304 g/mol. The molecule has 20 heavy (non-hydrogen) atoms. The Hall–Kier alpha value is -2.12. The van der Waals surface area contributed by atoms with Crippen LogP contribution in [0.3, 0.4) is 0 Å². The number of carboxylic acid groups (broad SMARTS) is 1. The molecule has 0 aliphatic heterocycles. The lowest BCUT2D eigenvalue weighted by Gasteiger charge is -2.04. The molecule has 102 valence electrons. The molecular formula is C12H7ClN2O4S. The molecule has 8 heteroatoms. The van der Waals surface area contributed by atoms with E-state index in [9.17, 15) is 14.9 Å². The highest BCUT2D eigenvalue weighted by atomic mass is 35.5. The SMILES string of the molecule is O=C(O)c1cccc(Sc2ccc(Cl)cn2)c1[N+](=O)[O-]. The number of aromatic carboxylic acids is 1. The van der Waals surface area contributed by atoms with Gasteiger partial charge in [-0.15, -0.1) is 0 Å². The van der Waals surface area contributed by atoms with Gasteiger partial charge in [0.1, 0.15) is 10.6 Å². The standard InChI is InChI=1S/C12H7ClN2O4S/c13-7-4-5-10(14-6-7)20-9-3-1-2-8(12(16)17)11(9)15(18)19/h1-6H,(H,16,17). The summed E-state index contributed by atoms with van der Waals surface area (Å²) < 4.78 is 0. The summed E-state index contributed by atoms with van der Waals surface area (Å²) in [6.07, 6.45) is 1.41. The van der Waals surface area contributed by atoms with Crippen LogP contribution in [0.2, 0.25) is 5.02 Å². The number of pyridine rings is 1. The molecule has 0 spiro atoms. The molecule has 1 heterocycles. The first-order chi connectivity index (χ1) is 9.49. The van der Waals surface area contributed by atoms with E-state index in [1.807, 2.05) is 0 Å². The number of halogens is 1. The fourth-order valence-electron chi connectivity index (χ4n) is 1.50. The fourth-order valence-corrected chi connectivity index (χ4v) is 2.51. The number of carboxylic acids is 1. The average Bonchev–Trinajstić information content (AvgIpc) is 2.40. The van der Waals surface area contributed by atoms with Gasteiger partial charge in [-0.1, -0.05) is 29.4 Å². The quantitative estimate of drug-likeness (QED) is 0.686. The number of rotatable bonds is 4. The number of nitrogens with zero attached hydrogens (tertiary/aromatic N) is 2. The molecule has 0 fully saturated rings. The second-order valence-corrected chi connectivity index (χ2v) is 5.13. The van der Waals surface area contributed by atoms with Crippen molar-refractivity contribution in [3.8, 4) is 0 Å². The molecule has 0 unspecified atom stereocenters. The number of para-hydroxylation sites is 1. The monoisotopic (exact) mass is 310 g/mol. The van der Waals surface area contributed by atoms with Crippen LogP contribution in [-0.4, -0.2) is 21.0 Å².